The van der Waals surface area contributed by atoms with Crippen molar-refractivity contribution in [3.63, 3.8) is 0 Å². The third-order valence-corrected chi connectivity index (χ3v) is 6.21. The molecule has 1 saturated carbocycles. The molecule has 0 amide bonds. The molecule has 3 rings (SSSR count). The number of benzene rings is 2. The van der Waals surface area contributed by atoms with Gasteiger partial charge in [-0.3, -0.25) is 0 Å². The van der Waals surface area contributed by atoms with E-state index >= 15 is 0 Å². The molecule has 25 heavy (non-hydrogen) atoms. The van der Waals surface area contributed by atoms with E-state index < -0.39 is 0 Å². The SMILES string of the molecule is CCCCC[C@H]1CC[C@H](c2ccc(-c3ccc(Br)cc3)cc2F)CC1. The van der Waals surface area contributed by atoms with Gasteiger partial charge in [0.05, 0.1) is 0 Å². The summed E-state index contributed by atoms with van der Waals surface area (Å²) in [6.45, 7) is 2.26. The number of hydrogen-bond donors (Lipinski definition) is 0. The molecule has 0 nitrogen and oxygen atoms in total. The smallest absolute Gasteiger partial charge is 0.127 e. The zero-order valence-corrected chi connectivity index (χ0v) is 16.7. The van der Waals surface area contributed by atoms with Gasteiger partial charge in [0.1, 0.15) is 5.82 Å². The summed E-state index contributed by atoms with van der Waals surface area (Å²) < 4.78 is 15.8. The normalized spacial score (nSPS) is 20.6. The lowest BCUT2D eigenvalue weighted by molar-refractivity contribution is 0.299. The second-order valence-electron chi connectivity index (χ2n) is 7.46. The minimum atomic E-state index is -0.0325. The molecule has 2 aromatic carbocycles. The zero-order chi connectivity index (χ0) is 17.6. The zero-order valence-electron chi connectivity index (χ0n) is 15.1. The molecule has 2 heteroatoms. The maximum atomic E-state index is 14.7. The van der Waals surface area contributed by atoms with E-state index in [1.54, 1.807) is 6.07 Å². The molecule has 0 N–H and O–H groups in total. The molecule has 0 atom stereocenters. The molecule has 0 aliphatic heterocycles. The summed E-state index contributed by atoms with van der Waals surface area (Å²) in [5.41, 5.74) is 2.95. The summed E-state index contributed by atoms with van der Waals surface area (Å²) in [6, 6.07) is 13.9. The number of hydrogen-bond acceptors (Lipinski definition) is 0. The number of rotatable bonds is 6. The summed E-state index contributed by atoms with van der Waals surface area (Å²) in [4.78, 5) is 0. The van der Waals surface area contributed by atoms with Crippen molar-refractivity contribution in [2.75, 3.05) is 0 Å². The Bertz CT molecular complexity index is 669. The summed E-state index contributed by atoms with van der Waals surface area (Å²) in [7, 11) is 0. The van der Waals surface area contributed by atoms with Gasteiger partial charge in [0.2, 0.25) is 0 Å². The molecule has 0 heterocycles. The molecule has 2 aromatic rings. The van der Waals surface area contributed by atoms with Crippen molar-refractivity contribution in [1.29, 1.82) is 0 Å². The van der Waals surface area contributed by atoms with Gasteiger partial charge >= 0.3 is 0 Å². The fourth-order valence-electron chi connectivity index (χ4n) is 4.13. The van der Waals surface area contributed by atoms with E-state index in [0.717, 1.165) is 39.9 Å². The summed E-state index contributed by atoms with van der Waals surface area (Å²) >= 11 is 3.45. The van der Waals surface area contributed by atoms with Gasteiger partial charge < -0.3 is 0 Å². The van der Waals surface area contributed by atoms with Gasteiger partial charge in [-0.05, 0) is 72.4 Å². The fraction of sp³-hybridized carbons (Fsp3) is 0.478. The first-order valence-corrected chi connectivity index (χ1v) is 10.5. The van der Waals surface area contributed by atoms with E-state index in [1.165, 1.54) is 38.5 Å². The highest BCUT2D eigenvalue weighted by molar-refractivity contribution is 9.10. The maximum Gasteiger partial charge on any atom is 0.127 e. The first-order valence-electron chi connectivity index (χ1n) is 9.72. The minimum Gasteiger partial charge on any atom is -0.207 e. The van der Waals surface area contributed by atoms with Crippen LogP contribution in [-0.2, 0) is 0 Å². The molecule has 0 radical (unpaired) electrons. The van der Waals surface area contributed by atoms with E-state index in [1.807, 2.05) is 30.3 Å². The fourth-order valence-corrected chi connectivity index (χ4v) is 4.39. The Morgan fingerprint density at radius 2 is 1.60 bits per heavy atom. The molecule has 0 saturated heterocycles. The van der Waals surface area contributed by atoms with E-state index in [2.05, 4.69) is 28.9 Å². The lowest BCUT2D eigenvalue weighted by atomic mass is 9.76. The van der Waals surface area contributed by atoms with Gasteiger partial charge in [-0.2, -0.15) is 0 Å². The Hall–Kier alpha value is -1.15. The molecule has 1 aliphatic rings. The molecule has 1 aliphatic carbocycles. The van der Waals surface area contributed by atoms with Crippen molar-refractivity contribution in [2.24, 2.45) is 5.92 Å². The molecule has 134 valence electrons. The lowest BCUT2D eigenvalue weighted by Gasteiger charge is -2.29. The van der Waals surface area contributed by atoms with E-state index in [9.17, 15) is 4.39 Å². The van der Waals surface area contributed by atoms with Gasteiger partial charge in [0.25, 0.3) is 0 Å². The maximum absolute atomic E-state index is 14.7. The molecule has 1 fully saturated rings. The molecule has 0 aromatic heterocycles. The Morgan fingerprint density at radius 1 is 0.920 bits per heavy atom. The first-order chi connectivity index (χ1) is 12.2. The van der Waals surface area contributed by atoms with Gasteiger partial charge in [0, 0.05) is 4.47 Å². The number of halogens is 2. The van der Waals surface area contributed by atoms with Crippen LogP contribution in [-0.4, -0.2) is 0 Å². The standard InChI is InChI=1S/C23H28BrF/c1-2-3-4-5-17-6-8-19(9-7-17)22-15-12-20(16-23(22)25)18-10-13-21(24)14-11-18/h10-17,19H,2-9H2,1H3/t17-,19-. The quantitative estimate of drug-likeness (QED) is 0.427. The first kappa shape index (κ1) is 18.6. The van der Waals surface area contributed by atoms with Crippen LogP contribution in [0.4, 0.5) is 4.39 Å². The van der Waals surface area contributed by atoms with Gasteiger partial charge in [-0.1, -0.05) is 72.8 Å². The molecular formula is C23H28BrF. The monoisotopic (exact) mass is 402 g/mol. The number of unbranched alkanes of at least 4 members (excludes halogenated alkanes) is 2. The van der Waals surface area contributed by atoms with Crippen molar-refractivity contribution in [3.8, 4) is 11.1 Å². The highest BCUT2D eigenvalue weighted by Gasteiger charge is 2.24. The highest BCUT2D eigenvalue weighted by Crippen LogP contribution is 2.39. The van der Waals surface area contributed by atoms with E-state index in [4.69, 9.17) is 0 Å². The van der Waals surface area contributed by atoms with E-state index in [0.29, 0.717) is 5.92 Å². The molecule has 0 spiro atoms. The predicted octanol–water partition coefficient (Wildman–Crippen LogP) is 8.11. The predicted molar refractivity (Wildman–Crippen MR) is 108 cm³/mol. The largest absolute Gasteiger partial charge is 0.207 e. The van der Waals surface area contributed by atoms with Crippen molar-refractivity contribution in [1.82, 2.24) is 0 Å². The van der Waals surface area contributed by atoms with Gasteiger partial charge in [0.15, 0.2) is 0 Å². The average Bonchev–Trinajstić information content (AvgIpc) is 2.63. The second-order valence-corrected chi connectivity index (χ2v) is 8.37. The van der Waals surface area contributed by atoms with Crippen LogP contribution >= 0.6 is 15.9 Å². The minimum absolute atomic E-state index is 0.0325. The topological polar surface area (TPSA) is 0 Å². The van der Waals surface area contributed by atoms with Crippen LogP contribution in [0.5, 0.6) is 0 Å². The Kier molecular flexibility index (Phi) is 6.70. The lowest BCUT2D eigenvalue weighted by Crippen LogP contribution is -2.14. The van der Waals surface area contributed by atoms with Crippen LogP contribution in [0.1, 0.15) is 69.8 Å². The summed E-state index contributed by atoms with van der Waals surface area (Å²) in [5.74, 6) is 1.24. The summed E-state index contributed by atoms with van der Waals surface area (Å²) in [6.07, 6.45) is 10.2. The van der Waals surface area contributed by atoms with Gasteiger partial charge in [-0.25, -0.2) is 4.39 Å². The highest BCUT2D eigenvalue weighted by atomic mass is 79.9. The van der Waals surface area contributed by atoms with Crippen molar-refractivity contribution < 1.29 is 4.39 Å². The van der Waals surface area contributed by atoms with Crippen molar-refractivity contribution >= 4 is 15.9 Å². The van der Waals surface area contributed by atoms with Crippen LogP contribution < -0.4 is 0 Å². The molecular weight excluding hydrogens is 375 g/mol. The van der Waals surface area contributed by atoms with E-state index in [-0.39, 0.29) is 5.82 Å². The van der Waals surface area contributed by atoms with Crippen LogP contribution in [0.15, 0.2) is 46.9 Å². The Morgan fingerprint density at radius 3 is 2.24 bits per heavy atom. The van der Waals surface area contributed by atoms with Crippen LogP contribution in [0.2, 0.25) is 0 Å². The average molecular weight is 403 g/mol. The third-order valence-electron chi connectivity index (χ3n) is 5.68. The molecule has 0 bridgehead atoms. The molecule has 0 unspecified atom stereocenters. The summed E-state index contributed by atoms with van der Waals surface area (Å²) in [5, 5.41) is 0. The van der Waals surface area contributed by atoms with Gasteiger partial charge in [-0.15, -0.1) is 0 Å². The van der Waals surface area contributed by atoms with Crippen molar-refractivity contribution in [2.45, 2.75) is 64.2 Å². The van der Waals surface area contributed by atoms with Crippen LogP contribution in [0.3, 0.4) is 0 Å². The second kappa shape index (κ2) is 8.98. The Balaban J connectivity index is 1.63. The Labute approximate surface area is 160 Å². The van der Waals surface area contributed by atoms with Crippen LogP contribution in [0.25, 0.3) is 11.1 Å². The van der Waals surface area contributed by atoms with Crippen molar-refractivity contribution in [3.05, 3.63) is 58.3 Å². The third kappa shape index (κ3) is 4.94. The van der Waals surface area contributed by atoms with Crippen LogP contribution in [0, 0.1) is 11.7 Å².